The summed E-state index contributed by atoms with van der Waals surface area (Å²) in [5.74, 6) is 1.75. The SMILES string of the molecule is CCNC(=NCCCCC(=O)OC)N1CCC(Oc2ccccc2)CC1.I. The summed E-state index contributed by atoms with van der Waals surface area (Å²) < 4.78 is 10.7. The number of piperidine rings is 1. The van der Waals surface area contributed by atoms with E-state index in [4.69, 9.17) is 9.73 Å². The van der Waals surface area contributed by atoms with Gasteiger partial charge < -0.3 is 19.7 Å². The zero-order chi connectivity index (χ0) is 18.6. The van der Waals surface area contributed by atoms with E-state index in [9.17, 15) is 4.79 Å². The van der Waals surface area contributed by atoms with Crippen molar-refractivity contribution in [2.75, 3.05) is 33.3 Å². The Kier molecular flexibility index (Phi) is 11.9. The number of carbonyl (C=O) groups excluding carboxylic acids is 1. The van der Waals surface area contributed by atoms with Crippen molar-refractivity contribution in [2.24, 2.45) is 4.99 Å². The van der Waals surface area contributed by atoms with Gasteiger partial charge in [-0.05, 0) is 31.9 Å². The normalized spacial score (nSPS) is 15.0. The molecule has 1 aromatic rings. The molecule has 152 valence electrons. The van der Waals surface area contributed by atoms with Crippen LogP contribution in [0.3, 0.4) is 0 Å². The number of esters is 1. The molecule has 0 bridgehead atoms. The van der Waals surface area contributed by atoms with Crippen LogP contribution in [0.15, 0.2) is 35.3 Å². The van der Waals surface area contributed by atoms with Crippen LogP contribution in [0.25, 0.3) is 0 Å². The number of rotatable bonds is 8. The van der Waals surface area contributed by atoms with E-state index in [1.54, 1.807) is 0 Å². The molecule has 2 rings (SSSR count). The average molecular weight is 489 g/mol. The molecule has 1 aliphatic heterocycles. The Labute approximate surface area is 179 Å². The van der Waals surface area contributed by atoms with E-state index in [0.717, 1.165) is 63.6 Å². The highest BCUT2D eigenvalue weighted by Crippen LogP contribution is 2.18. The number of ether oxygens (including phenoxy) is 2. The molecule has 0 radical (unpaired) electrons. The van der Waals surface area contributed by atoms with Gasteiger partial charge in [0.25, 0.3) is 0 Å². The second-order valence-corrected chi connectivity index (χ2v) is 6.39. The van der Waals surface area contributed by atoms with Crippen LogP contribution in [0.5, 0.6) is 5.75 Å². The molecule has 0 spiro atoms. The Morgan fingerprint density at radius 3 is 2.56 bits per heavy atom. The number of methoxy groups -OCH3 is 1. The first-order valence-electron chi connectivity index (χ1n) is 9.54. The third-order valence-corrected chi connectivity index (χ3v) is 4.40. The second kappa shape index (κ2) is 13.6. The molecule has 1 aromatic carbocycles. The van der Waals surface area contributed by atoms with Gasteiger partial charge in [0.1, 0.15) is 11.9 Å². The molecule has 1 heterocycles. The van der Waals surface area contributed by atoms with Gasteiger partial charge in [0.05, 0.1) is 7.11 Å². The summed E-state index contributed by atoms with van der Waals surface area (Å²) in [6.07, 6.45) is 4.39. The van der Waals surface area contributed by atoms with E-state index >= 15 is 0 Å². The lowest BCUT2D eigenvalue weighted by atomic mass is 10.1. The lowest BCUT2D eigenvalue weighted by Gasteiger charge is -2.34. The van der Waals surface area contributed by atoms with Gasteiger partial charge in [0, 0.05) is 45.4 Å². The van der Waals surface area contributed by atoms with Crippen LogP contribution >= 0.6 is 24.0 Å². The average Bonchev–Trinajstić information content (AvgIpc) is 2.68. The maximum absolute atomic E-state index is 11.1. The fourth-order valence-electron chi connectivity index (χ4n) is 2.97. The van der Waals surface area contributed by atoms with Crippen molar-refractivity contribution in [3.05, 3.63) is 30.3 Å². The van der Waals surface area contributed by atoms with E-state index in [-0.39, 0.29) is 36.0 Å². The molecule has 0 atom stereocenters. The van der Waals surface area contributed by atoms with Gasteiger partial charge in [-0.15, -0.1) is 24.0 Å². The number of hydrogen-bond donors (Lipinski definition) is 1. The van der Waals surface area contributed by atoms with Gasteiger partial charge in [-0.2, -0.15) is 0 Å². The van der Waals surface area contributed by atoms with Crippen LogP contribution in [-0.2, 0) is 9.53 Å². The molecular weight excluding hydrogens is 457 g/mol. The van der Waals surface area contributed by atoms with Crippen molar-refractivity contribution in [1.82, 2.24) is 10.2 Å². The van der Waals surface area contributed by atoms with Gasteiger partial charge in [0.15, 0.2) is 5.96 Å². The number of carbonyl (C=O) groups is 1. The molecule has 1 aliphatic rings. The van der Waals surface area contributed by atoms with Gasteiger partial charge in [-0.3, -0.25) is 9.79 Å². The zero-order valence-corrected chi connectivity index (χ0v) is 18.7. The van der Waals surface area contributed by atoms with E-state index < -0.39 is 0 Å². The Bertz CT molecular complexity index is 561. The molecule has 0 amide bonds. The summed E-state index contributed by atoms with van der Waals surface area (Å²) in [5.41, 5.74) is 0. The van der Waals surface area contributed by atoms with Crippen molar-refractivity contribution >= 4 is 35.9 Å². The minimum Gasteiger partial charge on any atom is -0.490 e. The minimum absolute atomic E-state index is 0. The predicted octanol–water partition coefficient (Wildman–Crippen LogP) is 3.46. The molecule has 0 aromatic heterocycles. The summed E-state index contributed by atoms with van der Waals surface area (Å²) >= 11 is 0. The number of likely N-dealkylation sites (tertiary alicyclic amines) is 1. The summed E-state index contributed by atoms with van der Waals surface area (Å²) in [4.78, 5) is 18.1. The largest absolute Gasteiger partial charge is 0.490 e. The van der Waals surface area contributed by atoms with Crippen LogP contribution < -0.4 is 10.1 Å². The fourth-order valence-corrected chi connectivity index (χ4v) is 2.97. The minimum atomic E-state index is -0.152. The highest BCUT2D eigenvalue weighted by molar-refractivity contribution is 14.0. The first-order chi connectivity index (χ1) is 12.7. The van der Waals surface area contributed by atoms with Gasteiger partial charge in [-0.1, -0.05) is 18.2 Å². The Morgan fingerprint density at radius 2 is 1.93 bits per heavy atom. The molecule has 27 heavy (non-hydrogen) atoms. The monoisotopic (exact) mass is 489 g/mol. The van der Waals surface area contributed by atoms with Gasteiger partial charge in [0.2, 0.25) is 0 Å². The van der Waals surface area contributed by atoms with Crippen molar-refractivity contribution in [1.29, 1.82) is 0 Å². The Hall–Kier alpha value is -1.51. The molecule has 6 nitrogen and oxygen atoms in total. The van der Waals surface area contributed by atoms with Crippen molar-refractivity contribution in [3.8, 4) is 5.75 Å². The molecule has 1 saturated heterocycles. The van der Waals surface area contributed by atoms with Crippen molar-refractivity contribution < 1.29 is 14.3 Å². The second-order valence-electron chi connectivity index (χ2n) is 6.39. The van der Waals surface area contributed by atoms with Crippen LogP contribution in [0.2, 0.25) is 0 Å². The summed E-state index contributed by atoms with van der Waals surface area (Å²) in [6, 6.07) is 10.0. The number of aliphatic imine (C=N–C) groups is 1. The lowest BCUT2D eigenvalue weighted by Crippen LogP contribution is -2.47. The third-order valence-electron chi connectivity index (χ3n) is 4.40. The van der Waals surface area contributed by atoms with Crippen molar-refractivity contribution in [3.63, 3.8) is 0 Å². The third kappa shape index (κ3) is 8.81. The molecule has 7 heteroatoms. The molecule has 0 saturated carbocycles. The molecule has 1 fully saturated rings. The lowest BCUT2D eigenvalue weighted by molar-refractivity contribution is -0.140. The number of unbranched alkanes of at least 4 members (excludes halogenated alkanes) is 1. The maximum Gasteiger partial charge on any atom is 0.305 e. The quantitative estimate of drug-likeness (QED) is 0.199. The Morgan fingerprint density at radius 1 is 1.22 bits per heavy atom. The van der Waals surface area contributed by atoms with Crippen molar-refractivity contribution in [2.45, 2.75) is 45.1 Å². The zero-order valence-electron chi connectivity index (χ0n) is 16.4. The van der Waals surface area contributed by atoms with E-state index in [0.29, 0.717) is 6.42 Å². The summed E-state index contributed by atoms with van der Waals surface area (Å²) in [7, 11) is 1.43. The topological polar surface area (TPSA) is 63.2 Å². The number of nitrogens with one attached hydrogen (secondary N) is 1. The van der Waals surface area contributed by atoms with Gasteiger partial charge in [-0.25, -0.2) is 0 Å². The number of para-hydroxylation sites is 1. The van der Waals surface area contributed by atoms with Crippen LogP contribution in [0.4, 0.5) is 0 Å². The number of guanidine groups is 1. The van der Waals surface area contributed by atoms with E-state index in [1.807, 2.05) is 30.3 Å². The summed E-state index contributed by atoms with van der Waals surface area (Å²) in [5, 5.41) is 3.37. The number of benzene rings is 1. The van der Waals surface area contributed by atoms with Crippen LogP contribution in [-0.4, -0.2) is 56.2 Å². The Balaban J connectivity index is 0.00000364. The molecular formula is C20H32IN3O3. The van der Waals surface area contributed by atoms with Crippen LogP contribution in [0, 0.1) is 0 Å². The van der Waals surface area contributed by atoms with Crippen LogP contribution in [0.1, 0.15) is 39.0 Å². The number of halogens is 1. The maximum atomic E-state index is 11.1. The molecule has 0 aliphatic carbocycles. The first kappa shape index (κ1) is 23.5. The first-order valence-corrected chi connectivity index (χ1v) is 9.54. The van der Waals surface area contributed by atoms with Gasteiger partial charge >= 0.3 is 5.97 Å². The number of hydrogen-bond acceptors (Lipinski definition) is 4. The molecule has 1 N–H and O–H groups in total. The predicted molar refractivity (Wildman–Crippen MR) is 119 cm³/mol. The fraction of sp³-hybridized carbons (Fsp3) is 0.600. The highest BCUT2D eigenvalue weighted by Gasteiger charge is 2.22. The standard InChI is InChI=1S/C20H31N3O3.HI/c1-3-21-20(22-14-8-7-11-19(24)25-2)23-15-12-18(13-16-23)26-17-9-5-4-6-10-17;/h4-6,9-10,18H,3,7-8,11-16H2,1-2H3,(H,21,22);1H. The van der Waals surface area contributed by atoms with E-state index in [2.05, 4.69) is 21.9 Å². The highest BCUT2D eigenvalue weighted by atomic mass is 127. The molecule has 0 unspecified atom stereocenters. The summed E-state index contributed by atoms with van der Waals surface area (Å²) in [6.45, 7) is 5.52. The number of nitrogens with zero attached hydrogens (tertiary/aromatic N) is 2. The smallest absolute Gasteiger partial charge is 0.305 e. The van der Waals surface area contributed by atoms with E-state index in [1.165, 1.54) is 7.11 Å².